The van der Waals surface area contributed by atoms with Crippen molar-refractivity contribution in [3.05, 3.63) is 0 Å². The number of hydrogen-bond acceptors (Lipinski definition) is 31. The Hall–Kier alpha value is -1.24. The first-order valence-electron chi connectivity index (χ1n) is 24.3. The summed E-state index contributed by atoms with van der Waals surface area (Å²) in [5, 5.41) is 186. The van der Waals surface area contributed by atoms with E-state index in [9.17, 15) is 86.8 Å². The van der Waals surface area contributed by atoms with Crippen LogP contribution in [-0.2, 0) is 66.3 Å². The van der Waals surface area contributed by atoms with Crippen LogP contribution in [0.25, 0.3) is 0 Å². The van der Waals surface area contributed by atoms with Crippen LogP contribution in [0.5, 0.6) is 0 Å². The lowest BCUT2D eigenvalue weighted by Gasteiger charge is -2.51. The smallest absolute Gasteiger partial charge is 0.187 e. The van der Waals surface area contributed by atoms with Crippen LogP contribution in [0.4, 0.5) is 0 Å². The second kappa shape index (κ2) is 25.1. The highest BCUT2D eigenvalue weighted by Gasteiger charge is 2.59. The molecule has 0 unspecified atom stereocenters. The molecule has 7 heterocycles. The van der Waals surface area contributed by atoms with Crippen LogP contribution in [0.3, 0.4) is 0 Å². The zero-order valence-electron chi connectivity index (χ0n) is 40.9. The summed E-state index contributed by atoms with van der Waals surface area (Å²) in [5.74, 6) is 0. The van der Waals surface area contributed by atoms with Crippen LogP contribution in [0.15, 0.2) is 0 Å². The highest BCUT2D eigenvalue weighted by molar-refractivity contribution is 5.00. The second-order valence-corrected chi connectivity index (χ2v) is 19.7. The van der Waals surface area contributed by atoms with Crippen LogP contribution in [0.2, 0.25) is 0 Å². The molecule has 74 heavy (non-hydrogen) atoms. The van der Waals surface area contributed by atoms with Gasteiger partial charge in [-0.05, 0) is 34.6 Å². The predicted octanol–water partition coefficient (Wildman–Crippen LogP) is -10.5. The number of rotatable bonds is 15. The van der Waals surface area contributed by atoms with E-state index in [1.54, 1.807) is 0 Å². The van der Waals surface area contributed by atoms with E-state index in [0.29, 0.717) is 0 Å². The van der Waals surface area contributed by atoms with Gasteiger partial charge >= 0.3 is 0 Å². The summed E-state index contributed by atoms with van der Waals surface area (Å²) in [6, 6.07) is 0. The molecule has 35 atom stereocenters. The largest absolute Gasteiger partial charge is 0.394 e. The molecule has 7 aliphatic rings. The molecule has 432 valence electrons. The zero-order chi connectivity index (χ0) is 54.5. The number of aliphatic hydroxyl groups excluding tert-OH is 17. The first-order chi connectivity index (χ1) is 34.8. The van der Waals surface area contributed by atoms with E-state index in [4.69, 9.17) is 66.3 Å². The molecule has 0 amide bonds. The molecule has 0 aromatic heterocycles. The van der Waals surface area contributed by atoms with E-state index in [0.717, 1.165) is 0 Å². The van der Waals surface area contributed by atoms with Gasteiger partial charge in [0.05, 0.1) is 43.7 Å². The van der Waals surface area contributed by atoms with E-state index < -0.39 is 228 Å². The molecular weight excluding hydrogens is 1010 g/mol. The van der Waals surface area contributed by atoms with Gasteiger partial charge in [0.15, 0.2) is 44.0 Å². The van der Waals surface area contributed by atoms with Crippen molar-refractivity contribution < 1.29 is 153 Å². The van der Waals surface area contributed by atoms with Gasteiger partial charge in [0.2, 0.25) is 0 Å². The van der Waals surface area contributed by atoms with Gasteiger partial charge in [-0.2, -0.15) is 0 Å². The van der Waals surface area contributed by atoms with Gasteiger partial charge in [-0.25, -0.2) is 0 Å². The summed E-state index contributed by atoms with van der Waals surface area (Å²) < 4.78 is 81.9. The van der Waals surface area contributed by atoms with Gasteiger partial charge in [-0.15, -0.1) is 0 Å². The average Bonchev–Trinajstić information content (AvgIpc) is 3.37. The Balaban J connectivity index is 1.20. The van der Waals surface area contributed by atoms with Crippen molar-refractivity contribution in [2.45, 2.75) is 250 Å². The monoisotopic (exact) mass is 1090 g/mol. The lowest BCUT2D eigenvalue weighted by Crippen LogP contribution is -2.69. The van der Waals surface area contributed by atoms with Crippen LogP contribution in [-0.4, -0.2) is 322 Å². The summed E-state index contributed by atoms with van der Waals surface area (Å²) in [5.41, 5.74) is 0. The summed E-state index contributed by atoms with van der Waals surface area (Å²) in [6.45, 7) is 4.92. The number of aliphatic hydroxyl groups is 17. The van der Waals surface area contributed by atoms with Crippen LogP contribution < -0.4 is 0 Å². The molecule has 0 radical (unpaired) electrons. The molecule has 0 saturated carbocycles. The maximum absolute atomic E-state index is 12.3. The topological polar surface area (TPSA) is 473 Å². The maximum atomic E-state index is 12.3. The van der Waals surface area contributed by atoms with Crippen LogP contribution in [0, 0.1) is 0 Å². The van der Waals surface area contributed by atoms with Gasteiger partial charge in [-0.1, -0.05) is 0 Å². The first-order valence-corrected chi connectivity index (χ1v) is 24.3. The Morgan fingerprint density at radius 2 is 0.554 bits per heavy atom. The third-order valence-electron chi connectivity index (χ3n) is 14.6. The highest BCUT2D eigenvalue weighted by Crippen LogP contribution is 2.39. The second-order valence-electron chi connectivity index (χ2n) is 19.7. The highest BCUT2D eigenvalue weighted by atomic mass is 16.8. The van der Waals surface area contributed by atoms with E-state index >= 15 is 0 Å². The fraction of sp³-hybridized carbons (Fsp3) is 1.00. The molecule has 0 aliphatic carbocycles. The van der Waals surface area contributed by atoms with E-state index in [1.807, 2.05) is 0 Å². The Morgan fingerprint density at radius 3 is 0.986 bits per heavy atom. The molecule has 7 fully saturated rings. The molecule has 31 heteroatoms. The fourth-order valence-electron chi connectivity index (χ4n) is 9.85. The lowest BCUT2D eigenvalue weighted by atomic mass is 9.95. The Kier molecular flexibility index (Phi) is 20.4. The fourth-order valence-corrected chi connectivity index (χ4v) is 9.85. The van der Waals surface area contributed by atoms with Gasteiger partial charge < -0.3 is 153 Å². The van der Waals surface area contributed by atoms with Crippen molar-refractivity contribution >= 4 is 0 Å². The molecule has 0 aromatic carbocycles. The maximum Gasteiger partial charge on any atom is 0.187 e. The normalized spacial score (nSPS) is 55.7. The minimum absolute atomic E-state index is 0.890. The third-order valence-corrected chi connectivity index (χ3v) is 14.6. The van der Waals surface area contributed by atoms with Crippen molar-refractivity contribution in [2.24, 2.45) is 0 Å². The summed E-state index contributed by atoms with van der Waals surface area (Å²) in [4.78, 5) is 0. The number of hydrogen-bond donors (Lipinski definition) is 17. The Labute approximate surface area is 422 Å². The molecule has 0 spiro atoms. The molecule has 7 rings (SSSR count). The van der Waals surface area contributed by atoms with Gasteiger partial charge in [0.1, 0.15) is 140 Å². The molecule has 31 nitrogen and oxygen atoms in total. The molecule has 0 bridgehead atoms. The van der Waals surface area contributed by atoms with Crippen molar-refractivity contribution in [3.63, 3.8) is 0 Å². The van der Waals surface area contributed by atoms with E-state index in [1.165, 1.54) is 41.7 Å². The van der Waals surface area contributed by atoms with Crippen LogP contribution >= 0.6 is 0 Å². The molecular formula is C43H74O31. The SMILES string of the molecule is CO[C@H]1O[C@H](C)[C@H](O)[C@H](O)[C@H]1O[C@@H]1O[C@H](CO)[C@@H](O)[C@H](O)[C@H]1O[C@@H]1O[C@@H](C)[C@H](O[C@@H]2O[C@H](C)[C@@H](O)[C@H](O)[C@H]2O)[C@@H](O[C@@H]2O[C@H](CO)[C@@H](O)[C@H](O)[C@H]2O[C@@H]2O[C@H](C)[C@@H](O)[C@H](O[C@@H]3O[C@@H](C)[C@H](O)[C@@H](O)[C@H]3O)[C@H]2O)[C@H]1O. The van der Waals surface area contributed by atoms with E-state index in [2.05, 4.69) is 0 Å². The van der Waals surface area contributed by atoms with Crippen LogP contribution in [0.1, 0.15) is 34.6 Å². The van der Waals surface area contributed by atoms with Crippen molar-refractivity contribution in [3.8, 4) is 0 Å². The molecule has 7 aliphatic heterocycles. The minimum Gasteiger partial charge on any atom is -0.394 e. The van der Waals surface area contributed by atoms with Crippen molar-refractivity contribution in [1.29, 1.82) is 0 Å². The Bertz CT molecular complexity index is 1740. The first kappa shape index (κ1) is 60.4. The summed E-state index contributed by atoms with van der Waals surface area (Å²) in [7, 11) is 1.20. The Morgan fingerprint density at radius 1 is 0.257 bits per heavy atom. The summed E-state index contributed by atoms with van der Waals surface area (Å²) in [6.07, 6.45) is -61.1. The number of ether oxygens (including phenoxy) is 14. The molecule has 7 saturated heterocycles. The van der Waals surface area contributed by atoms with Gasteiger partial charge in [0, 0.05) is 7.11 Å². The molecule has 17 N–H and O–H groups in total. The summed E-state index contributed by atoms with van der Waals surface area (Å²) >= 11 is 0. The zero-order valence-corrected chi connectivity index (χ0v) is 40.9. The van der Waals surface area contributed by atoms with Crippen molar-refractivity contribution in [1.82, 2.24) is 0 Å². The average molecular weight is 1090 g/mol. The third kappa shape index (κ3) is 12.1. The quantitative estimate of drug-likeness (QED) is 0.0724. The van der Waals surface area contributed by atoms with Gasteiger partial charge in [-0.3, -0.25) is 0 Å². The van der Waals surface area contributed by atoms with Crippen molar-refractivity contribution in [2.75, 3.05) is 20.3 Å². The standard InChI is InChI=1S/C43H74O31/c1-9-16(46)22(52)27(57)37(62-9)69-31-13(5)66-40(73-36-26(56)21(51)15(8-45)68-43(36)74-34-24(54)18(48)11(3)65-41(34)61-6)30(60)33(31)71-42-35(25(55)20(50)14(7-44)67-42)72-39-29(59)32(19(49)12(4)64-39)70-38-28(58)23(53)17(47)10(2)63-38/h9-60H,7-8H2,1-6H3/t9-,10+,11-,12-,13+,14-,15-,16-,17+,18+,19-,20-,21-,22+,23-,24+,25+,26+,27-,28-,29-,30-,31+,32+,33+,34-,35-,36-,37+,38+,39+,40+,41+,42+,43+/m1/s1. The molecule has 0 aromatic rings. The van der Waals surface area contributed by atoms with Gasteiger partial charge in [0.25, 0.3) is 0 Å². The lowest BCUT2D eigenvalue weighted by molar-refractivity contribution is -0.415. The van der Waals surface area contributed by atoms with E-state index in [-0.39, 0.29) is 0 Å². The minimum atomic E-state index is -2.23. The number of methoxy groups -OCH3 is 1. The predicted molar refractivity (Wildman–Crippen MR) is 230 cm³/mol.